The lowest BCUT2D eigenvalue weighted by molar-refractivity contribution is 0.410. The van der Waals surface area contributed by atoms with E-state index in [-0.39, 0.29) is 0 Å². The SMILES string of the molecule is COc1c(CCc2nc(C(C)C)cs2)ccnc1N. The number of ether oxygens (including phenoxy) is 1. The number of nitrogen functional groups attached to an aromatic ring is 1. The van der Waals surface area contributed by atoms with Crippen LogP contribution >= 0.6 is 11.3 Å². The lowest BCUT2D eigenvalue weighted by Crippen LogP contribution is -2.01. The number of rotatable bonds is 5. The topological polar surface area (TPSA) is 61.0 Å². The fourth-order valence-corrected chi connectivity index (χ4v) is 2.85. The minimum Gasteiger partial charge on any atom is -0.493 e. The van der Waals surface area contributed by atoms with Crippen LogP contribution in [-0.4, -0.2) is 17.1 Å². The fourth-order valence-electron chi connectivity index (χ4n) is 1.89. The van der Waals surface area contributed by atoms with Gasteiger partial charge in [-0.2, -0.15) is 0 Å². The molecule has 2 rings (SSSR count). The van der Waals surface area contributed by atoms with Gasteiger partial charge in [-0.3, -0.25) is 0 Å². The quantitative estimate of drug-likeness (QED) is 0.912. The number of methoxy groups -OCH3 is 1. The molecule has 0 saturated carbocycles. The van der Waals surface area contributed by atoms with Gasteiger partial charge in [0, 0.05) is 18.0 Å². The van der Waals surface area contributed by atoms with Gasteiger partial charge >= 0.3 is 0 Å². The summed E-state index contributed by atoms with van der Waals surface area (Å²) in [6, 6.07) is 1.95. The third kappa shape index (κ3) is 3.23. The Morgan fingerprint density at radius 2 is 2.16 bits per heavy atom. The van der Waals surface area contributed by atoms with Gasteiger partial charge in [-0.25, -0.2) is 9.97 Å². The number of thiazole rings is 1. The zero-order chi connectivity index (χ0) is 13.8. The molecule has 2 heterocycles. The second-order valence-electron chi connectivity index (χ2n) is 4.71. The van der Waals surface area contributed by atoms with Crippen molar-refractivity contribution in [2.45, 2.75) is 32.6 Å². The minimum atomic E-state index is 0.446. The number of nitrogens with two attached hydrogens (primary N) is 1. The molecule has 0 radical (unpaired) electrons. The summed E-state index contributed by atoms with van der Waals surface area (Å²) in [6.07, 6.45) is 3.48. The highest BCUT2D eigenvalue weighted by Crippen LogP contribution is 2.26. The maximum Gasteiger partial charge on any atom is 0.166 e. The molecule has 0 aliphatic rings. The van der Waals surface area contributed by atoms with E-state index in [4.69, 9.17) is 10.5 Å². The summed E-state index contributed by atoms with van der Waals surface area (Å²) < 4.78 is 5.30. The van der Waals surface area contributed by atoms with Crippen LogP contribution in [0.5, 0.6) is 5.75 Å². The van der Waals surface area contributed by atoms with Crippen LogP contribution in [0, 0.1) is 0 Å². The second kappa shape index (κ2) is 6.02. The fraction of sp³-hybridized carbons (Fsp3) is 0.429. The van der Waals surface area contributed by atoms with E-state index in [1.165, 1.54) is 5.69 Å². The minimum absolute atomic E-state index is 0.446. The summed E-state index contributed by atoms with van der Waals surface area (Å²) >= 11 is 1.72. The van der Waals surface area contributed by atoms with Crippen LogP contribution in [0.1, 0.15) is 36.0 Å². The zero-order valence-corrected chi connectivity index (χ0v) is 12.3. The Labute approximate surface area is 117 Å². The lowest BCUT2D eigenvalue weighted by atomic mass is 10.1. The first-order valence-electron chi connectivity index (χ1n) is 6.33. The molecular formula is C14H19N3OS. The van der Waals surface area contributed by atoms with Crippen molar-refractivity contribution in [1.29, 1.82) is 0 Å². The lowest BCUT2D eigenvalue weighted by Gasteiger charge is -2.09. The Morgan fingerprint density at radius 1 is 1.37 bits per heavy atom. The van der Waals surface area contributed by atoms with Crippen molar-refractivity contribution >= 4 is 17.2 Å². The molecule has 0 spiro atoms. The Morgan fingerprint density at radius 3 is 2.79 bits per heavy atom. The van der Waals surface area contributed by atoms with Gasteiger partial charge in [-0.15, -0.1) is 11.3 Å². The molecule has 2 N–H and O–H groups in total. The van der Waals surface area contributed by atoms with Gasteiger partial charge in [-0.05, 0) is 24.0 Å². The molecule has 0 aliphatic carbocycles. The predicted octanol–water partition coefficient (Wildman–Crippen LogP) is 3.04. The van der Waals surface area contributed by atoms with Crippen LogP contribution in [0.3, 0.4) is 0 Å². The molecule has 2 aromatic heterocycles. The molecule has 4 nitrogen and oxygen atoms in total. The highest BCUT2D eigenvalue weighted by atomic mass is 32.1. The second-order valence-corrected chi connectivity index (χ2v) is 5.65. The predicted molar refractivity (Wildman–Crippen MR) is 78.8 cm³/mol. The van der Waals surface area contributed by atoms with Gasteiger partial charge in [0.2, 0.25) is 0 Å². The van der Waals surface area contributed by atoms with Crippen LogP contribution in [-0.2, 0) is 12.8 Å². The molecule has 0 aromatic carbocycles. The number of aromatic nitrogens is 2. The molecule has 0 amide bonds. The first-order chi connectivity index (χ1) is 9.11. The van der Waals surface area contributed by atoms with E-state index in [2.05, 4.69) is 29.2 Å². The molecular weight excluding hydrogens is 258 g/mol. The average Bonchev–Trinajstić information content (AvgIpc) is 2.85. The Hall–Kier alpha value is -1.62. The normalized spacial score (nSPS) is 10.9. The molecule has 0 fully saturated rings. The van der Waals surface area contributed by atoms with E-state index in [0.29, 0.717) is 17.5 Å². The highest BCUT2D eigenvalue weighted by molar-refractivity contribution is 7.09. The summed E-state index contributed by atoms with van der Waals surface area (Å²) in [5, 5.41) is 3.29. The molecule has 0 aliphatic heterocycles. The van der Waals surface area contributed by atoms with Crippen LogP contribution in [0.15, 0.2) is 17.6 Å². The van der Waals surface area contributed by atoms with E-state index in [1.54, 1.807) is 24.6 Å². The van der Waals surface area contributed by atoms with Crippen LogP contribution in [0.4, 0.5) is 5.82 Å². The summed E-state index contributed by atoms with van der Waals surface area (Å²) in [7, 11) is 1.62. The van der Waals surface area contributed by atoms with Crippen molar-refractivity contribution in [1.82, 2.24) is 9.97 Å². The third-order valence-electron chi connectivity index (χ3n) is 2.99. The summed E-state index contributed by atoms with van der Waals surface area (Å²) in [5.74, 6) is 1.61. The number of hydrogen-bond acceptors (Lipinski definition) is 5. The number of pyridine rings is 1. The summed E-state index contributed by atoms with van der Waals surface area (Å²) in [5.41, 5.74) is 8.04. The zero-order valence-electron chi connectivity index (χ0n) is 11.5. The van der Waals surface area contributed by atoms with Gasteiger partial charge in [0.05, 0.1) is 17.8 Å². The Bertz CT molecular complexity index is 551. The van der Waals surface area contributed by atoms with Crippen LogP contribution in [0.2, 0.25) is 0 Å². The summed E-state index contributed by atoms with van der Waals surface area (Å²) in [4.78, 5) is 8.67. The highest BCUT2D eigenvalue weighted by Gasteiger charge is 2.10. The van der Waals surface area contributed by atoms with Crippen molar-refractivity contribution in [3.8, 4) is 5.75 Å². The third-order valence-corrected chi connectivity index (χ3v) is 3.91. The van der Waals surface area contributed by atoms with Crippen LogP contribution < -0.4 is 10.5 Å². The maximum atomic E-state index is 5.80. The monoisotopic (exact) mass is 277 g/mol. The maximum absolute atomic E-state index is 5.80. The van der Waals surface area contributed by atoms with Crippen molar-refractivity contribution in [2.24, 2.45) is 0 Å². The van der Waals surface area contributed by atoms with E-state index >= 15 is 0 Å². The largest absolute Gasteiger partial charge is 0.493 e. The smallest absolute Gasteiger partial charge is 0.166 e. The first-order valence-corrected chi connectivity index (χ1v) is 7.21. The molecule has 0 atom stereocenters. The average molecular weight is 277 g/mol. The number of hydrogen-bond donors (Lipinski definition) is 1. The summed E-state index contributed by atoms with van der Waals surface area (Å²) in [6.45, 7) is 4.32. The van der Waals surface area contributed by atoms with Gasteiger partial charge in [0.25, 0.3) is 0 Å². The van der Waals surface area contributed by atoms with Crippen molar-refractivity contribution in [3.05, 3.63) is 33.9 Å². The van der Waals surface area contributed by atoms with Gasteiger partial charge in [-0.1, -0.05) is 13.8 Å². The molecule has 2 aromatic rings. The van der Waals surface area contributed by atoms with E-state index in [9.17, 15) is 0 Å². The molecule has 0 saturated heterocycles. The number of nitrogens with zero attached hydrogens (tertiary/aromatic N) is 2. The number of aryl methyl sites for hydroxylation is 2. The Kier molecular flexibility index (Phi) is 4.37. The molecule has 5 heteroatoms. The molecule has 0 unspecified atom stereocenters. The number of anilines is 1. The Balaban J connectivity index is 2.08. The first kappa shape index (κ1) is 13.8. The van der Waals surface area contributed by atoms with Crippen molar-refractivity contribution < 1.29 is 4.74 Å². The van der Waals surface area contributed by atoms with E-state index in [0.717, 1.165) is 23.4 Å². The molecule has 102 valence electrons. The van der Waals surface area contributed by atoms with Gasteiger partial charge in [0.1, 0.15) is 0 Å². The molecule has 0 bridgehead atoms. The van der Waals surface area contributed by atoms with Gasteiger partial charge in [0.15, 0.2) is 11.6 Å². The van der Waals surface area contributed by atoms with Crippen molar-refractivity contribution in [2.75, 3.05) is 12.8 Å². The van der Waals surface area contributed by atoms with E-state index in [1.807, 2.05) is 6.07 Å². The van der Waals surface area contributed by atoms with Gasteiger partial charge < -0.3 is 10.5 Å². The van der Waals surface area contributed by atoms with Crippen LogP contribution in [0.25, 0.3) is 0 Å². The molecule has 19 heavy (non-hydrogen) atoms. The van der Waals surface area contributed by atoms with Crippen molar-refractivity contribution in [3.63, 3.8) is 0 Å². The standard InChI is InChI=1S/C14H19N3OS/c1-9(2)11-8-19-12(17-11)5-4-10-6-7-16-14(15)13(10)18-3/h6-9H,4-5H2,1-3H3,(H2,15,16). The van der Waals surface area contributed by atoms with E-state index < -0.39 is 0 Å².